The van der Waals surface area contributed by atoms with Gasteiger partial charge in [-0.3, -0.25) is 4.79 Å². The number of nitrogens with one attached hydrogen (secondary N) is 1. The molecular weight excluding hydrogens is 418 g/mol. The molecule has 0 fully saturated rings. The fourth-order valence-electron chi connectivity index (χ4n) is 4.06. The Labute approximate surface area is 208 Å². The number of allylic oxidation sites excluding steroid dienone is 1. The lowest BCUT2D eigenvalue weighted by molar-refractivity contribution is 0.0970. The van der Waals surface area contributed by atoms with Crippen LogP contribution >= 0.6 is 0 Å². The molecule has 0 bridgehead atoms. The van der Waals surface area contributed by atoms with Gasteiger partial charge in [-0.05, 0) is 49.2 Å². The summed E-state index contributed by atoms with van der Waals surface area (Å²) >= 11 is 0. The highest BCUT2D eigenvalue weighted by Gasteiger charge is 2.04. The maximum atomic E-state index is 12.3. The van der Waals surface area contributed by atoms with Crippen molar-refractivity contribution in [2.24, 2.45) is 0 Å². The third-order valence-electron chi connectivity index (χ3n) is 6.15. The van der Waals surface area contributed by atoms with Gasteiger partial charge < -0.3 is 10.1 Å². The van der Waals surface area contributed by atoms with Crippen molar-refractivity contribution in [2.45, 2.75) is 103 Å². The number of hydrogen-bond acceptors (Lipinski definition) is 2. The highest BCUT2D eigenvalue weighted by molar-refractivity contribution is 5.94. The summed E-state index contributed by atoms with van der Waals surface area (Å²) in [6.45, 7) is 2.28. The Morgan fingerprint density at radius 1 is 0.676 bits per heavy atom. The number of unbranched alkanes of at least 4 members (excludes halogenated alkanes) is 14. The molecule has 2 aromatic carbocycles. The number of benzene rings is 2. The number of carbonyl (C=O) groups is 1. The summed E-state index contributed by atoms with van der Waals surface area (Å²) in [6.07, 6.45) is 24.1. The molecule has 0 heterocycles. The van der Waals surface area contributed by atoms with E-state index in [1.165, 1.54) is 89.9 Å². The van der Waals surface area contributed by atoms with E-state index < -0.39 is 0 Å². The van der Waals surface area contributed by atoms with Gasteiger partial charge in [-0.2, -0.15) is 0 Å². The minimum Gasteiger partial charge on any atom is -0.457 e. The molecule has 0 aromatic heterocycles. The summed E-state index contributed by atoms with van der Waals surface area (Å²) in [5.41, 5.74) is 0.626. The van der Waals surface area contributed by atoms with Crippen molar-refractivity contribution in [3.63, 3.8) is 0 Å². The molecule has 186 valence electrons. The van der Waals surface area contributed by atoms with Gasteiger partial charge in [0.15, 0.2) is 0 Å². The van der Waals surface area contributed by atoms with Crippen molar-refractivity contribution in [2.75, 3.05) is 0 Å². The van der Waals surface area contributed by atoms with Crippen LogP contribution in [0.2, 0.25) is 0 Å². The zero-order valence-electron chi connectivity index (χ0n) is 21.3. The number of hydrogen-bond donors (Lipinski definition) is 1. The maximum Gasteiger partial charge on any atom is 0.255 e. The molecule has 1 amide bonds. The molecule has 2 rings (SSSR count). The monoisotopic (exact) mass is 463 g/mol. The summed E-state index contributed by atoms with van der Waals surface area (Å²) < 4.78 is 5.76. The number of amides is 1. The van der Waals surface area contributed by atoms with Crippen molar-refractivity contribution >= 4 is 5.91 Å². The summed E-state index contributed by atoms with van der Waals surface area (Å²) in [4.78, 5) is 12.3. The number of para-hydroxylation sites is 1. The molecule has 0 unspecified atom stereocenters. The molecule has 0 aliphatic heterocycles. The SMILES string of the molecule is CCCCCCCCCCCCCCCCC=CNC(=O)c1ccc(Oc2ccccc2)cc1. The van der Waals surface area contributed by atoms with E-state index in [4.69, 9.17) is 4.74 Å². The average Bonchev–Trinajstić information content (AvgIpc) is 2.87. The number of rotatable bonds is 19. The van der Waals surface area contributed by atoms with Gasteiger partial charge in [-0.25, -0.2) is 0 Å². The van der Waals surface area contributed by atoms with Crippen LogP contribution in [0.3, 0.4) is 0 Å². The molecule has 0 aliphatic carbocycles. The number of carbonyl (C=O) groups excluding carboxylic acids is 1. The number of ether oxygens (including phenoxy) is 1. The van der Waals surface area contributed by atoms with Crippen LogP contribution in [0.4, 0.5) is 0 Å². The van der Waals surface area contributed by atoms with Gasteiger partial charge in [-0.1, -0.05) is 115 Å². The molecule has 0 radical (unpaired) electrons. The smallest absolute Gasteiger partial charge is 0.255 e. The van der Waals surface area contributed by atoms with Crippen molar-refractivity contribution < 1.29 is 9.53 Å². The molecule has 0 saturated carbocycles. The molecule has 3 nitrogen and oxygen atoms in total. The molecular formula is C31H45NO2. The average molecular weight is 464 g/mol. The second kappa shape index (κ2) is 18.8. The highest BCUT2D eigenvalue weighted by Crippen LogP contribution is 2.21. The summed E-state index contributed by atoms with van der Waals surface area (Å²) in [6, 6.07) is 16.8. The second-order valence-corrected chi connectivity index (χ2v) is 9.20. The lowest BCUT2D eigenvalue weighted by Crippen LogP contribution is -2.16. The summed E-state index contributed by atoms with van der Waals surface area (Å²) in [5, 5.41) is 2.86. The molecule has 0 atom stereocenters. The van der Waals surface area contributed by atoms with Crippen molar-refractivity contribution in [3.05, 3.63) is 72.4 Å². The van der Waals surface area contributed by atoms with E-state index in [9.17, 15) is 4.79 Å². The first kappa shape index (κ1) is 27.7. The van der Waals surface area contributed by atoms with E-state index >= 15 is 0 Å². The Morgan fingerprint density at radius 2 is 1.18 bits per heavy atom. The molecule has 1 N–H and O–H groups in total. The van der Waals surface area contributed by atoms with E-state index in [0.717, 1.165) is 17.9 Å². The van der Waals surface area contributed by atoms with Crippen LogP contribution in [0.1, 0.15) is 114 Å². The Bertz CT molecular complexity index is 783. The first-order valence-corrected chi connectivity index (χ1v) is 13.6. The quantitative estimate of drug-likeness (QED) is 0.211. The molecule has 34 heavy (non-hydrogen) atoms. The van der Waals surface area contributed by atoms with Gasteiger partial charge in [0, 0.05) is 11.8 Å². The Hall–Kier alpha value is -2.55. The van der Waals surface area contributed by atoms with Crippen LogP contribution in [0, 0.1) is 0 Å². The minimum atomic E-state index is -0.0940. The summed E-state index contributed by atoms with van der Waals surface area (Å²) in [7, 11) is 0. The Balaban J connectivity index is 1.43. The lowest BCUT2D eigenvalue weighted by atomic mass is 10.0. The highest BCUT2D eigenvalue weighted by atomic mass is 16.5. The predicted molar refractivity (Wildman–Crippen MR) is 144 cm³/mol. The van der Waals surface area contributed by atoms with E-state index in [0.29, 0.717) is 5.56 Å². The molecule has 0 saturated heterocycles. The summed E-state index contributed by atoms with van der Waals surface area (Å²) in [5.74, 6) is 1.41. The lowest BCUT2D eigenvalue weighted by Gasteiger charge is -2.06. The molecule has 0 spiro atoms. The molecule has 0 aliphatic rings. The molecule has 2 aromatic rings. The Morgan fingerprint density at radius 3 is 1.74 bits per heavy atom. The van der Waals surface area contributed by atoms with Crippen LogP contribution in [0.15, 0.2) is 66.9 Å². The van der Waals surface area contributed by atoms with Crippen LogP contribution in [0.5, 0.6) is 11.5 Å². The topological polar surface area (TPSA) is 38.3 Å². The standard InChI is InChI=1S/C31H45NO2/c1-2-3-4-5-6-7-8-9-10-11-12-13-14-15-16-20-27-32-31(33)28-23-25-30(26-24-28)34-29-21-18-17-19-22-29/h17-27H,2-16H2,1H3,(H,32,33). The van der Waals surface area contributed by atoms with Crippen LogP contribution in [-0.4, -0.2) is 5.91 Å². The van der Waals surface area contributed by atoms with E-state index in [1.54, 1.807) is 18.3 Å². The molecule has 3 heteroatoms. The largest absolute Gasteiger partial charge is 0.457 e. The second-order valence-electron chi connectivity index (χ2n) is 9.20. The van der Waals surface area contributed by atoms with Gasteiger partial charge in [0.1, 0.15) is 11.5 Å². The van der Waals surface area contributed by atoms with E-state index in [1.807, 2.05) is 42.5 Å². The third-order valence-corrected chi connectivity index (χ3v) is 6.15. The normalized spacial score (nSPS) is 11.1. The van der Waals surface area contributed by atoms with Gasteiger partial charge >= 0.3 is 0 Å². The zero-order valence-corrected chi connectivity index (χ0v) is 21.3. The van der Waals surface area contributed by atoms with Crippen LogP contribution in [-0.2, 0) is 0 Å². The Kier molecular flexibility index (Phi) is 15.3. The maximum absolute atomic E-state index is 12.3. The fraction of sp³-hybridized carbons (Fsp3) is 0.516. The fourth-order valence-corrected chi connectivity index (χ4v) is 4.06. The van der Waals surface area contributed by atoms with Crippen molar-refractivity contribution in [3.8, 4) is 11.5 Å². The van der Waals surface area contributed by atoms with Crippen LogP contribution < -0.4 is 10.1 Å². The first-order chi connectivity index (χ1) is 16.8. The van der Waals surface area contributed by atoms with Gasteiger partial charge in [-0.15, -0.1) is 0 Å². The van der Waals surface area contributed by atoms with Crippen molar-refractivity contribution in [1.82, 2.24) is 5.32 Å². The van der Waals surface area contributed by atoms with E-state index in [-0.39, 0.29) is 5.91 Å². The third kappa shape index (κ3) is 13.2. The van der Waals surface area contributed by atoms with Gasteiger partial charge in [0.2, 0.25) is 0 Å². The van der Waals surface area contributed by atoms with Gasteiger partial charge in [0.05, 0.1) is 0 Å². The van der Waals surface area contributed by atoms with E-state index in [2.05, 4.69) is 18.3 Å². The predicted octanol–water partition coefficient (Wildman–Crippen LogP) is 9.59. The minimum absolute atomic E-state index is 0.0940. The zero-order chi connectivity index (χ0) is 24.1. The van der Waals surface area contributed by atoms with Crippen LogP contribution in [0.25, 0.3) is 0 Å². The van der Waals surface area contributed by atoms with Crippen molar-refractivity contribution in [1.29, 1.82) is 0 Å². The van der Waals surface area contributed by atoms with Gasteiger partial charge in [0.25, 0.3) is 5.91 Å². The first-order valence-electron chi connectivity index (χ1n) is 13.6.